The first-order valence-corrected chi connectivity index (χ1v) is 6.73. The molecule has 0 aromatic carbocycles. The van der Waals surface area contributed by atoms with Gasteiger partial charge in [0.15, 0.2) is 5.65 Å². The molecule has 2 rings (SSSR count). The van der Waals surface area contributed by atoms with E-state index in [9.17, 15) is 0 Å². The topological polar surface area (TPSA) is 82.1 Å². The lowest BCUT2D eigenvalue weighted by molar-refractivity contribution is 0.0966. The van der Waals surface area contributed by atoms with Crippen molar-refractivity contribution in [3.63, 3.8) is 0 Å². The molecule has 2 heterocycles. The van der Waals surface area contributed by atoms with Gasteiger partial charge < -0.3 is 10.5 Å². The lowest BCUT2D eigenvalue weighted by Gasteiger charge is -2.26. The molecule has 0 aliphatic heterocycles. The fourth-order valence-corrected chi connectivity index (χ4v) is 2.27. The molecule has 0 aliphatic rings. The second-order valence-electron chi connectivity index (χ2n) is 4.90. The lowest BCUT2D eigenvalue weighted by atomic mass is 10.3. The maximum atomic E-state index is 5.97. The monoisotopic (exact) mass is 278 g/mol. The van der Waals surface area contributed by atoms with Gasteiger partial charge in [-0.1, -0.05) is 6.92 Å². The minimum absolute atomic E-state index is 0.303. The summed E-state index contributed by atoms with van der Waals surface area (Å²) in [7, 11) is 3.56. The van der Waals surface area contributed by atoms with Gasteiger partial charge >= 0.3 is 0 Å². The number of rotatable bonds is 6. The van der Waals surface area contributed by atoms with Crippen molar-refractivity contribution in [1.29, 1.82) is 0 Å². The van der Waals surface area contributed by atoms with Crippen LogP contribution >= 0.6 is 0 Å². The van der Waals surface area contributed by atoms with Crippen molar-refractivity contribution in [3.05, 3.63) is 12.0 Å². The molecule has 0 radical (unpaired) electrons. The standard InChI is InChI=1S/C13H22N6O/c1-5-19(9(2)8-20-4)7-11-16-12(14)10-6-15-18(3)13(10)17-11/h6,9H,5,7-8H2,1-4H3,(H2,14,16,17). The number of likely N-dealkylation sites (N-methyl/N-ethyl adjacent to an activating group) is 1. The van der Waals surface area contributed by atoms with E-state index in [4.69, 9.17) is 10.5 Å². The summed E-state index contributed by atoms with van der Waals surface area (Å²) in [6.07, 6.45) is 1.69. The van der Waals surface area contributed by atoms with Crippen LogP contribution in [0, 0.1) is 0 Å². The number of aryl methyl sites for hydroxylation is 1. The fraction of sp³-hybridized carbons (Fsp3) is 0.615. The highest BCUT2D eigenvalue weighted by atomic mass is 16.5. The zero-order valence-electron chi connectivity index (χ0n) is 12.5. The molecular weight excluding hydrogens is 256 g/mol. The third-order valence-electron chi connectivity index (χ3n) is 3.45. The number of hydrogen-bond acceptors (Lipinski definition) is 6. The Morgan fingerprint density at radius 3 is 2.85 bits per heavy atom. The van der Waals surface area contributed by atoms with Crippen molar-refractivity contribution < 1.29 is 4.74 Å². The summed E-state index contributed by atoms with van der Waals surface area (Å²) in [6.45, 7) is 6.46. The van der Waals surface area contributed by atoms with Crippen molar-refractivity contribution in [2.75, 3.05) is 26.0 Å². The van der Waals surface area contributed by atoms with Gasteiger partial charge in [-0.25, -0.2) is 9.97 Å². The Hall–Kier alpha value is -1.73. The van der Waals surface area contributed by atoms with Gasteiger partial charge in [0, 0.05) is 20.2 Å². The number of hydrogen-bond donors (Lipinski definition) is 1. The van der Waals surface area contributed by atoms with Gasteiger partial charge in [0.25, 0.3) is 0 Å². The predicted octanol–water partition coefficient (Wildman–Crippen LogP) is 0.802. The molecule has 110 valence electrons. The van der Waals surface area contributed by atoms with E-state index in [0.29, 0.717) is 30.8 Å². The first-order chi connectivity index (χ1) is 9.56. The van der Waals surface area contributed by atoms with Crippen molar-refractivity contribution in [3.8, 4) is 0 Å². The van der Waals surface area contributed by atoms with Crippen LogP contribution in [0.4, 0.5) is 5.82 Å². The van der Waals surface area contributed by atoms with Gasteiger partial charge in [0.1, 0.15) is 11.6 Å². The van der Waals surface area contributed by atoms with Gasteiger partial charge in [-0.15, -0.1) is 0 Å². The number of fused-ring (bicyclic) bond motifs is 1. The van der Waals surface area contributed by atoms with Gasteiger partial charge in [0.05, 0.1) is 24.7 Å². The van der Waals surface area contributed by atoms with Gasteiger partial charge in [-0.3, -0.25) is 9.58 Å². The number of ether oxygens (including phenoxy) is 1. The molecule has 0 bridgehead atoms. The van der Waals surface area contributed by atoms with Crippen LogP contribution in [-0.4, -0.2) is 51.0 Å². The second kappa shape index (κ2) is 6.15. The first kappa shape index (κ1) is 14.7. The molecule has 0 saturated carbocycles. The van der Waals surface area contributed by atoms with Crippen LogP contribution in [0.2, 0.25) is 0 Å². The normalized spacial score (nSPS) is 13.2. The van der Waals surface area contributed by atoms with Gasteiger partial charge in [-0.2, -0.15) is 5.10 Å². The van der Waals surface area contributed by atoms with E-state index >= 15 is 0 Å². The molecule has 2 aromatic rings. The average molecular weight is 278 g/mol. The molecular formula is C13H22N6O. The van der Waals surface area contributed by atoms with Crippen LogP contribution in [0.1, 0.15) is 19.7 Å². The van der Waals surface area contributed by atoms with Crippen LogP contribution in [0.15, 0.2) is 6.20 Å². The van der Waals surface area contributed by atoms with Gasteiger partial charge in [-0.05, 0) is 13.5 Å². The van der Waals surface area contributed by atoms with Crippen molar-refractivity contribution >= 4 is 16.9 Å². The zero-order chi connectivity index (χ0) is 14.7. The second-order valence-corrected chi connectivity index (χ2v) is 4.90. The SMILES string of the molecule is CCN(Cc1nc(N)c2cnn(C)c2n1)C(C)COC. The summed E-state index contributed by atoms with van der Waals surface area (Å²) in [5.41, 5.74) is 6.74. The number of nitrogens with two attached hydrogens (primary N) is 1. The molecule has 0 saturated heterocycles. The molecule has 7 heteroatoms. The van der Waals surface area contributed by atoms with Crippen LogP contribution in [-0.2, 0) is 18.3 Å². The fourth-order valence-electron chi connectivity index (χ4n) is 2.27. The molecule has 7 nitrogen and oxygen atoms in total. The Bertz CT molecular complexity index is 581. The highest BCUT2D eigenvalue weighted by Gasteiger charge is 2.16. The summed E-state index contributed by atoms with van der Waals surface area (Å²) in [6, 6.07) is 0.303. The summed E-state index contributed by atoms with van der Waals surface area (Å²) < 4.78 is 6.92. The highest BCUT2D eigenvalue weighted by Crippen LogP contribution is 2.17. The lowest BCUT2D eigenvalue weighted by Crippen LogP contribution is -2.36. The molecule has 20 heavy (non-hydrogen) atoms. The van der Waals surface area contributed by atoms with E-state index < -0.39 is 0 Å². The Kier molecular flexibility index (Phi) is 4.51. The van der Waals surface area contributed by atoms with Gasteiger partial charge in [0.2, 0.25) is 0 Å². The largest absolute Gasteiger partial charge is 0.383 e. The van der Waals surface area contributed by atoms with E-state index in [1.165, 1.54) is 0 Å². The zero-order valence-corrected chi connectivity index (χ0v) is 12.5. The minimum atomic E-state index is 0.303. The quantitative estimate of drug-likeness (QED) is 0.841. The van der Waals surface area contributed by atoms with Crippen LogP contribution in [0.25, 0.3) is 11.0 Å². The molecule has 0 aliphatic carbocycles. The maximum Gasteiger partial charge on any atom is 0.163 e. The smallest absolute Gasteiger partial charge is 0.163 e. The molecule has 1 unspecified atom stereocenters. The number of anilines is 1. The van der Waals surface area contributed by atoms with E-state index in [1.807, 2.05) is 7.05 Å². The van der Waals surface area contributed by atoms with Crippen molar-refractivity contribution in [2.24, 2.45) is 7.05 Å². The highest BCUT2D eigenvalue weighted by molar-refractivity contribution is 5.84. The molecule has 2 N–H and O–H groups in total. The summed E-state index contributed by atoms with van der Waals surface area (Å²) in [4.78, 5) is 11.2. The molecule has 0 spiro atoms. The average Bonchev–Trinajstić information content (AvgIpc) is 2.78. The van der Waals surface area contributed by atoms with E-state index in [1.54, 1.807) is 18.0 Å². The Balaban J connectivity index is 2.26. The number of methoxy groups -OCH3 is 1. The third-order valence-corrected chi connectivity index (χ3v) is 3.45. The third kappa shape index (κ3) is 2.88. The maximum absolute atomic E-state index is 5.97. The minimum Gasteiger partial charge on any atom is -0.383 e. The molecule has 1 atom stereocenters. The number of nitrogen functional groups attached to an aromatic ring is 1. The number of nitrogens with zero attached hydrogens (tertiary/aromatic N) is 5. The van der Waals surface area contributed by atoms with E-state index in [0.717, 1.165) is 17.6 Å². The summed E-state index contributed by atoms with van der Waals surface area (Å²) >= 11 is 0. The van der Waals surface area contributed by atoms with E-state index in [2.05, 4.69) is 33.8 Å². The number of aromatic nitrogens is 4. The summed E-state index contributed by atoms with van der Waals surface area (Å²) in [5.74, 6) is 1.19. The molecule has 2 aromatic heterocycles. The summed E-state index contributed by atoms with van der Waals surface area (Å²) in [5, 5.41) is 4.96. The van der Waals surface area contributed by atoms with E-state index in [-0.39, 0.29) is 0 Å². The first-order valence-electron chi connectivity index (χ1n) is 6.73. The van der Waals surface area contributed by atoms with Crippen molar-refractivity contribution in [1.82, 2.24) is 24.6 Å². The van der Waals surface area contributed by atoms with Crippen LogP contribution < -0.4 is 5.73 Å². The molecule has 0 fully saturated rings. The Labute approximate surface area is 118 Å². The van der Waals surface area contributed by atoms with Crippen LogP contribution in [0.3, 0.4) is 0 Å². The van der Waals surface area contributed by atoms with Crippen molar-refractivity contribution in [2.45, 2.75) is 26.4 Å². The van der Waals surface area contributed by atoms with Crippen LogP contribution in [0.5, 0.6) is 0 Å². The molecule has 0 amide bonds. The predicted molar refractivity (Wildman–Crippen MR) is 78.1 cm³/mol. The Morgan fingerprint density at radius 1 is 1.45 bits per heavy atom. The Morgan fingerprint density at radius 2 is 2.20 bits per heavy atom.